The molecule has 0 fully saturated rings. The zero-order chi connectivity index (χ0) is 52.8. The van der Waals surface area contributed by atoms with Gasteiger partial charge in [-0.2, -0.15) is 5.26 Å². The second kappa shape index (κ2) is 16.6. The van der Waals surface area contributed by atoms with Crippen molar-refractivity contribution in [2.45, 2.75) is 19.6 Å². The number of nitrogens with zero attached hydrogens (tertiary/aromatic N) is 6. The van der Waals surface area contributed by atoms with Crippen LogP contribution in [0.1, 0.15) is 5.56 Å². The molecule has 16 aromatic rings. The van der Waals surface area contributed by atoms with Crippen LogP contribution < -0.4 is 5.19 Å². The minimum absolute atomic E-state index is 0.341. The number of fused-ring (bicyclic) bond motifs is 16. The first-order valence-electron chi connectivity index (χ1n) is 26.8. The van der Waals surface area contributed by atoms with Crippen molar-refractivity contribution in [3.63, 3.8) is 0 Å². The molecule has 0 saturated heterocycles. The van der Waals surface area contributed by atoms with Gasteiger partial charge in [0.2, 0.25) is 5.69 Å². The van der Waals surface area contributed by atoms with Gasteiger partial charge in [0.05, 0.1) is 92.5 Å². The lowest BCUT2D eigenvalue weighted by atomic mass is 10.0. The Kier molecular flexibility index (Phi) is 9.40. The molecule has 16 rings (SSSR count). The molecule has 0 saturated carbocycles. The van der Waals surface area contributed by atoms with Crippen molar-refractivity contribution < 1.29 is 4.42 Å². The summed E-state index contributed by atoms with van der Waals surface area (Å²) < 4.78 is 16.1. The molecular weight excluding hydrogens is 981 g/mol. The van der Waals surface area contributed by atoms with Gasteiger partial charge < -0.3 is 22.7 Å². The largest absolute Gasteiger partial charge is 0.456 e. The van der Waals surface area contributed by atoms with Crippen molar-refractivity contribution in [2.24, 2.45) is 0 Å². The van der Waals surface area contributed by atoms with Crippen molar-refractivity contribution in [1.29, 1.82) is 5.26 Å². The Morgan fingerprint density at radius 2 is 0.835 bits per heavy atom. The van der Waals surface area contributed by atoms with Crippen molar-refractivity contribution in [3.05, 3.63) is 241 Å². The highest BCUT2D eigenvalue weighted by Crippen LogP contribution is 2.53. The Morgan fingerprint density at radius 1 is 0.405 bits per heavy atom. The van der Waals surface area contributed by atoms with E-state index in [2.05, 4.69) is 244 Å². The third kappa shape index (κ3) is 6.15. The molecule has 5 aromatic heterocycles. The molecule has 0 spiro atoms. The van der Waals surface area contributed by atoms with Crippen molar-refractivity contribution in [3.8, 4) is 39.9 Å². The highest BCUT2D eigenvalue weighted by Gasteiger charge is 2.35. The quantitative estimate of drug-likeness (QED) is 0.123. The SMILES string of the molecule is [C-]#[N+]c1c(-n2c3ccccc3c3ccccc32)c(C#N)c(-n2c3ccccc3c3ccccc32)c(-n2c3cc(-c4ccccc4[Si](C)(C)C)ccc3c3ccc4oc5ccccc5c4c32)c1-n1c2ccccc2c2ccccc21. The second-order valence-corrected chi connectivity index (χ2v) is 26.8. The second-order valence-electron chi connectivity index (χ2n) is 21.7. The summed E-state index contributed by atoms with van der Waals surface area (Å²) >= 11 is 0. The van der Waals surface area contributed by atoms with Crippen molar-refractivity contribution in [1.82, 2.24) is 18.3 Å². The number of hydrogen-bond acceptors (Lipinski definition) is 2. The Balaban J connectivity index is 1.25. The van der Waals surface area contributed by atoms with Crippen molar-refractivity contribution >= 4 is 128 Å². The lowest BCUT2D eigenvalue weighted by Gasteiger charge is -2.27. The molecule has 5 heterocycles. The molecule has 0 radical (unpaired) electrons. The van der Waals surface area contributed by atoms with E-state index < -0.39 is 8.07 Å². The first-order valence-corrected chi connectivity index (χ1v) is 30.3. The van der Waals surface area contributed by atoms with Crippen LogP contribution in [0, 0.1) is 17.9 Å². The summed E-state index contributed by atoms with van der Waals surface area (Å²) in [4.78, 5) is 4.82. The maximum atomic E-state index is 12.7. The van der Waals surface area contributed by atoms with Gasteiger partial charge in [-0.05, 0) is 71.8 Å². The third-order valence-corrected chi connectivity index (χ3v) is 18.6. The summed E-state index contributed by atoms with van der Waals surface area (Å²) in [6.07, 6.45) is 0. The first-order chi connectivity index (χ1) is 38.8. The first kappa shape index (κ1) is 44.9. The van der Waals surface area contributed by atoms with E-state index in [1.54, 1.807) is 0 Å². The van der Waals surface area contributed by atoms with Crippen LogP contribution in [0.25, 0.3) is 148 Å². The number of rotatable bonds is 6. The van der Waals surface area contributed by atoms with Gasteiger partial charge in [0.1, 0.15) is 17.2 Å². The van der Waals surface area contributed by atoms with Crippen LogP contribution in [0.4, 0.5) is 5.69 Å². The molecule has 0 aliphatic rings. The van der Waals surface area contributed by atoms with Gasteiger partial charge in [-0.15, -0.1) is 0 Å². The molecular formula is C71H46N6OSi. The number of aromatic nitrogens is 4. The molecule has 11 aromatic carbocycles. The number of para-hydroxylation sites is 7. The number of furan rings is 1. The maximum absolute atomic E-state index is 12.7. The summed E-state index contributed by atoms with van der Waals surface area (Å²) in [5, 5.41) is 24.3. The summed E-state index contributed by atoms with van der Waals surface area (Å²) in [5.41, 5.74) is 14.4. The highest BCUT2D eigenvalue weighted by atomic mass is 28.3. The van der Waals surface area contributed by atoms with Gasteiger partial charge in [0.25, 0.3) is 0 Å². The summed E-state index contributed by atoms with van der Waals surface area (Å²) in [7, 11) is -1.88. The molecule has 0 atom stereocenters. The predicted molar refractivity (Wildman–Crippen MR) is 330 cm³/mol. The Hall–Kier alpha value is -10.4. The molecule has 0 unspecified atom stereocenters. The third-order valence-electron chi connectivity index (χ3n) is 16.5. The van der Waals surface area contributed by atoms with E-state index in [4.69, 9.17) is 9.26 Å². The van der Waals surface area contributed by atoms with E-state index in [1.165, 1.54) is 10.8 Å². The number of hydrogen-bond donors (Lipinski definition) is 0. The van der Waals surface area contributed by atoms with Gasteiger partial charge in [-0.3, -0.25) is 0 Å². The zero-order valence-electron chi connectivity index (χ0n) is 43.5. The van der Waals surface area contributed by atoms with Gasteiger partial charge in [0.15, 0.2) is 0 Å². The summed E-state index contributed by atoms with van der Waals surface area (Å²) in [5.74, 6) is 0. The molecule has 0 N–H and O–H groups in total. The fourth-order valence-electron chi connectivity index (χ4n) is 13.3. The van der Waals surface area contributed by atoms with Gasteiger partial charge in [-0.1, -0.05) is 189 Å². The minimum atomic E-state index is -1.88. The molecule has 0 aliphatic carbocycles. The van der Waals surface area contributed by atoms with Crippen LogP contribution in [0.2, 0.25) is 19.6 Å². The van der Waals surface area contributed by atoms with Crippen LogP contribution in [-0.2, 0) is 0 Å². The van der Waals surface area contributed by atoms with Crippen LogP contribution >= 0.6 is 0 Å². The molecule has 0 amide bonds. The standard InChI is InChI=1S/C71H46N6OSi/c1-73-66-68(74-55-29-13-5-22-45(55)46-23-6-14-30-56(46)74)54(42-72)69(75-57-31-15-7-24-47(57)48-25-8-16-32-58(48)75)71(70(66)76-59-33-17-9-26-49(59)50-27-10-18-34-60(50)76)77-61-41-43(44-21-12-20-36-64(44)79(2,3)4)37-38-51(61)52-39-40-63-65(67(52)77)53-28-11-19-35-62(53)78-63/h5-41H,2-4H3. The van der Waals surface area contributed by atoms with Crippen LogP contribution in [-0.4, -0.2) is 26.3 Å². The van der Waals surface area contributed by atoms with Crippen LogP contribution in [0.15, 0.2) is 229 Å². The molecule has 370 valence electrons. The smallest absolute Gasteiger partial charge is 0.237 e. The van der Waals surface area contributed by atoms with E-state index in [9.17, 15) is 11.8 Å². The van der Waals surface area contributed by atoms with E-state index in [-0.39, 0.29) is 0 Å². The molecule has 0 aliphatic heterocycles. The van der Waals surface area contributed by atoms with Crippen LogP contribution in [0.3, 0.4) is 0 Å². The number of nitriles is 1. The van der Waals surface area contributed by atoms with E-state index in [0.717, 1.165) is 115 Å². The minimum Gasteiger partial charge on any atom is -0.456 e. The zero-order valence-corrected chi connectivity index (χ0v) is 44.5. The molecule has 7 nitrogen and oxygen atoms in total. The monoisotopic (exact) mass is 1030 g/mol. The van der Waals surface area contributed by atoms with Crippen LogP contribution in [0.5, 0.6) is 0 Å². The average molecular weight is 1030 g/mol. The van der Waals surface area contributed by atoms with E-state index >= 15 is 0 Å². The Bertz CT molecular complexity index is 5090. The predicted octanol–water partition coefficient (Wildman–Crippen LogP) is 18.6. The lowest BCUT2D eigenvalue weighted by Crippen LogP contribution is -2.38. The van der Waals surface area contributed by atoms with Crippen molar-refractivity contribution in [2.75, 3.05) is 0 Å². The lowest BCUT2D eigenvalue weighted by molar-refractivity contribution is 0.669. The summed E-state index contributed by atoms with van der Waals surface area (Å²) in [6, 6.07) is 82.2. The van der Waals surface area contributed by atoms with Gasteiger partial charge in [0, 0.05) is 48.5 Å². The number of benzene rings is 11. The Morgan fingerprint density at radius 3 is 1.34 bits per heavy atom. The fourth-order valence-corrected chi connectivity index (χ4v) is 15.0. The molecule has 8 heteroatoms. The van der Waals surface area contributed by atoms with Gasteiger partial charge >= 0.3 is 0 Å². The fraction of sp³-hybridized carbons (Fsp3) is 0.0423. The topological polar surface area (TPSA) is 61.0 Å². The highest BCUT2D eigenvalue weighted by molar-refractivity contribution is 6.89. The van der Waals surface area contributed by atoms with E-state index in [1.807, 2.05) is 24.3 Å². The normalized spacial score (nSPS) is 12.2. The maximum Gasteiger partial charge on any atom is 0.237 e. The molecule has 0 bridgehead atoms. The van der Waals surface area contributed by atoms with E-state index in [0.29, 0.717) is 34.0 Å². The summed E-state index contributed by atoms with van der Waals surface area (Å²) in [6.45, 7) is 17.1. The van der Waals surface area contributed by atoms with Gasteiger partial charge in [-0.25, -0.2) is 4.85 Å². The Labute approximate surface area is 454 Å². The average Bonchev–Trinajstić information content (AvgIpc) is 4.39. The molecule has 79 heavy (non-hydrogen) atoms.